The molecule has 1 aromatic rings. The van der Waals surface area contributed by atoms with Gasteiger partial charge in [0.15, 0.2) is 0 Å². The predicted molar refractivity (Wildman–Crippen MR) is 62.5 cm³/mol. The second kappa shape index (κ2) is 4.45. The minimum Gasteiger partial charge on any atom is -0.310 e. The van der Waals surface area contributed by atoms with Crippen LogP contribution >= 0.6 is 11.3 Å². The summed E-state index contributed by atoms with van der Waals surface area (Å²) >= 11 is 1.78. The van der Waals surface area contributed by atoms with Crippen molar-refractivity contribution >= 4 is 11.3 Å². The molecule has 1 heterocycles. The number of hydrogen-bond acceptors (Lipinski definition) is 2. The largest absolute Gasteiger partial charge is 0.310 e. The van der Waals surface area contributed by atoms with Crippen LogP contribution in [0, 0.1) is 11.8 Å². The Morgan fingerprint density at radius 1 is 1.43 bits per heavy atom. The van der Waals surface area contributed by atoms with E-state index in [2.05, 4.69) is 36.0 Å². The SMILES string of the molecule is CC1CCC(NCc2ccsc2)C1C. The molecule has 1 aromatic heterocycles. The molecule has 3 unspecified atom stereocenters. The summed E-state index contributed by atoms with van der Waals surface area (Å²) in [6, 6.07) is 2.95. The van der Waals surface area contributed by atoms with E-state index in [1.54, 1.807) is 11.3 Å². The Labute approximate surface area is 90.5 Å². The van der Waals surface area contributed by atoms with Crippen molar-refractivity contribution < 1.29 is 0 Å². The maximum Gasteiger partial charge on any atom is 0.0216 e. The minimum absolute atomic E-state index is 0.741. The highest BCUT2D eigenvalue weighted by Crippen LogP contribution is 2.31. The predicted octanol–water partition coefficient (Wildman–Crippen LogP) is 3.27. The normalized spacial score (nSPS) is 32.3. The van der Waals surface area contributed by atoms with Crippen LogP contribution in [0.5, 0.6) is 0 Å². The molecule has 78 valence electrons. The highest BCUT2D eigenvalue weighted by atomic mass is 32.1. The zero-order valence-corrected chi connectivity index (χ0v) is 9.81. The molecule has 0 radical (unpaired) electrons. The Hall–Kier alpha value is -0.340. The Kier molecular flexibility index (Phi) is 3.24. The molecule has 2 rings (SSSR count). The van der Waals surface area contributed by atoms with E-state index in [1.165, 1.54) is 18.4 Å². The van der Waals surface area contributed by atoms with Crippen molar-refractivity contribution in [3.63, 3.8) is 0 Å². The number of rotatable bonds is 3. The van der Waals surface area contributed by atoms with Crippen LogP contribution in [0.4, 0.5) is 0 Å². The lowest BCUT2D eigenvalue weighted by Crippen LogP contribution is -2.31. The lowest BCUT2D eigenvalue weighted by Gasteiger charge is -2.19. The summed E-state index contributed by atoms with van der Waals surface area (Å²) in [5.74, 6) is 1.74. The molecule has 1 saturated carbocycles. The Bertz CT molecular complexity index is 268. The summed E-state index contributed by atoms with van der Waals surface area (Å²) in [4.78, 5) is 0. The molecular formula is C12H19NS. The van der Waals surface area contributed by atoms with Crippen LogP contribution in [0.2, 0.25) is 0 Å². The van der Waals surface area contributed by atoms with Crippen molar-refractivity contribution in [2.24, 2.45) is 11.8 Å². The van der Waals surface area contributed by atoms with Gasteiger partial charge in [0.05, 0.1) is 0 Å². The third kappa shape index (κ3) is 2.18. The highest BCUT2D eigenvalue weighted by molar-refractivity contribution is 7.07. The van der Waals surface area contributed by atoms with Crippen LogP contribution in [0.25, 0.3) is 0 Å². The lowest BCUT2D eigenvalue weighted by molar-refractivity contribution is 0.370. The second-order valence-corrected chi connectivity index (χ2v) is 5.31. The van der Waals surface area contributed by atoms with E-state index < -0.39 is 0 Å². The van der Waals surface area contributed by atoms with Gasteiger partial charge in [-0.1, -0.05) is 13.8 Å². The first-order valence-electron chi connectivity index (χ1n) is 5.52. The molecule has 1 fully saturated rings. The molecule has 2 heteroatoms. The summed E-state index contributed by atoms with van der Waals surface area (Å²) in [6.07, 6.45) is 2.74. The summed E-state index contributed by atoms with van der Waals surface area (Å²) in [6.45, 7) is 5.80. The van der Waals surface area contributed by atoms with Gasteiger partial charge in [0.1, 0.15) is 0 Å². The summed E-state index contributed by atoms with van der Waals surface area (Å²) in [5, 5.41) is 8.05. The lowest BCUT2D eigenvalue weighted by atomic mass is 9.98. The molecule has 14 heavy (non-hydrogen) atoms. The van der Waals surface area contributed by atoms with Gasteiger partial charge in [-0.3, -0.25) is 0 Å². The van der Waals surface area contributed by atoms with E-state index in [4.69, 9.17) is 0 Å². The number of hydrogen-bond donors (Lipinski definition) is 1. The fraction of sp³-hybridized carbons (Fsp3) is 0.667. The topological polar surface area (TPSA) is 12.0 Å². The molecule has 1 aliphatic carbocycles. The first-order valence-corrected chi connectivity index (χ1v) is 6.46. The standard InChI is InChI=1S/C12H19NS/c1-9-3-4-12(10(9)2)13-7-11-5-6-14-8-11/h5-6,8-10,12-13H,3-4,7H2,1-2H3. The van der Waals surface area contributed by atoms with E-state index in [9.17, 15) is 0 Å². The molecular weight excluding hydrogens is 190 g/mol. The van der Waals surface area contributed by atoms with Gasteiger partial charge in [-0.25, -0.2) is 0 Å². The molecule has 1 N–H and O–H groups in total. The third-order valence-corrected chi connectivity index (χ3v) is 4.35. The second-order valence-electron chi connectivity index (χ2n) is 4.53. The third-order valence-electron chi connectivity index (χ3n) is 3.61. The van der Waals surface area contributed by atoms with Crippen LogP contribution in [0.3, 0.4) is 0 Å². The van der Waals surface area contributed by atoms with E-state index in [-0.39, 0.29) is 0 Å². The first kappa shape index (κ1) is 10.2. The summed E-state index contributed by atoms with van der Waals surface area (Å²) < 4.78 is 0. The average molecular weight is 209 g/mol. The van der Waals surface area contributed by atoms with Crippen molar-refractivity contribution in [2.45, 2.75) is 39.3 Å². The van der Waals surface area contributed by atoms with E-state index in [0.29, 0.717) is 0 Å². The van der Waals surface area contributed by atoms with Gasteiger partial charge in [0.25, 0.3) is 0 Å². The van der Waals surface area contributed by atoms with Crippen LogP contribution in [-0.2, 0) is 6.54 Å². The highest BCUT2D eigenvalue weighted by Gasteiger charge is 2.28. The molecule has 0 bridgehead atoms. The first-order chi connectivity index (χ1) is 6.77. The zero-order valence-electron chi connectivity index (χ0n) is 8.99. The number of thiophene rings is 1. The van der Waals surface area contributed by atoms with E-state index in [1.807, 2.05) is 0 Å². The smallest absolute Gasteiger partial charge is 0.0216 e. The summed E-state index contributed by atoms with van der Waals surface area (Å²) in [5.41, 5.74) is 1.43. The molecule has 1 aliphatic rings. The van der Waals surface area contributed by atoms with Gasteiger partial charge in [-0.2, -0.15) is 11.3 Å². The van der Waals surface area contributed by atoms with Crippen LogP contribution in [0.15, 0.2) is 16.8 Å². The maximum atomic E-state index is 3.67. The monoisotopic (exact) mass is 209 g/mol. The minimum atomic E-state index is 0.741. The van der Waals surface area contributed by atoms with Crippen LogP contribution in [0.1, 0.15) is 32.3 Å². The van der Waals surface area contributed by atoms with Crippen molar-refractivity contribution in [3.8, 4) is 0 Å². The molecule has 1 nitrogen and oxygen atoms in total. The van der Waals surface area contributed by atoms with Gasteiger partial charge >= 0.3 is 0 Å². The fourth-order valence-electron chi connectivity index (χ4n) is 2.29. The van der Waals surface area contributed by atoms with Crippen LogP contribution in [-0.4, -0.2) is 6.04 Å². The van der Waals surface area contributed by atoms with E-state index in [0.717, 1.165) is 24.4 Å². The van der Waals surface area contributed by atoms with Gasteiger partial charge in [-0.15, -0.1) is 0 Å². The molecule has 0 amide bonds. The van der Waals surface area contributed by atoms with Gasteiger partial charge in [0, 0.05) is 12.6 Å². The van der Waals surface area contributed by atoms with Crippen molar-refractivity contribution in [2.75, 3.05) is 0 Å². The van der Waals surface area contributed by atoms with Gasteiger partial charge in [-0.05, 0) is 47.1 Å². The average Bonchev–Trinajstić information content (AvgIpc) is 2.77. The van der Waals surface area contributed by atoms with Gasteiger partial charge < -0.3 is 5.32 Å². The van der Waals surface area contributed by atoms with Crippen LogP contribution < -0.4 is 5.32 Å². The van der Waals surface area contributed by atoms with Crippen molar-refractivity contribution in [3.05, 3.63) is 22.4 Å². The molecule has 0 spiro atoms. The molecule has 0 aromatic carbocycles. The molecule has 0 saturated heterocycles. The molecule has 3 atom stereocenters. The fourth-order valence-corrected chi connectivity index (χ4v) is 2.96. The summed E-state index contributed by atoms with van der Waals surface area (Å²) in [7, 11) is 0. The molecule has 0 aliphatic heterocycles. The quantitative estimate of drug-likeness (QED) is 0.805. The van der Waals surface area contributed by atoms with Crippen molar-refractivity contribution in [1.82, 2.24) is 5.32 Å². The van der Waals surface area contributed by atoms with Crippen molar-refractivity contribution in [1.29, 1.82) is 0 Å². The number of nitrogens with one attached hydrogen (secondary N) is 1. The zero-order chi connectivity index (χ0) is 9.97. The Morgan fingerprint density at radius 2 is 2.29 bits per heavy atom. The van der Waals surface area contributed by atoms with Gasteiger partial charge in [0.2, 0.25) is 0 Å². The maximum absolute atomic E-state index is 3.67. The van der Waals surface area contributed by atoms with E-state index >= 15 is 0 Å². The Balaban J connectivity index is 1.81. The Morgan fingerprint density at radius 3 is 2.86 bits per heavy atom.